The molecular formula is C15H20N4O. The molecule has 1 aromatic heterocycles. The van der Waals surface area contributed by atoms with Crippen molar-refractivity contribution < 1.29 is 4.74 Å². The number of benzene rings is 1. The largest absolute Gasteiger partial charge is 0.461 e. The molecule has 5 heteroatoms. The lowest BCUT2D eigenvalue weighted by Crippen LogP contribution is -2.25. The van der Waals surface area contributed by atoms with E-state index in [-0.39, 0.29) is 0 Å². The fraction of sp³-hybridized carbons (Fsp3) is 0.467. The Balaban J connectivity index is 1.60. The van der Waals surface area contributed by atoms with E-state index in [0.29, 0.717) is 12.6 Å². The molecule has 1 fully saturated rings. The fourth-order valence-corrected chi connectivity index (χ4v) is 2.51. The number of hydrogen-bond donors (Lipinski definition) is 0. The number of hydrogen-bond acceptors (Lipinski definition) is 4. The fourth-order valence-electron chi connectivity index (χ4n) is 2.51. The lowest BCUT2D eigenvalue weighted by Gasteiger charge is -2.13. The van der Waals surface area contributed by atoms with Crippen LogP contribution in [-0.2, 0) is 0 Å². The number of rotatable bonds is 5. The summed E-state index contributed by atoms with van der Waals surface area (Å²) >= 11 is 0. The molecule has 2 heterocycles. The zero-order valence-corrected chi connectivity index (χ0v) is 11.8. The summed E-state index contributed by atoms with van der Waals surface area (Å²) in [5.74, 6) is 0.840. The van der Waals surface area contributed by atoms with Crippen molar-refractivity contribution in [2.75, 3.05) is 26.2 Å². The van der Waals surface area contributed by atoms with Crippen LogP contribution in [0.15, 0.2) is 30.3 Å². The van der Waals surface area contributed by atoms with Gasteiger partial charge in [0.05, 0.1) is 5.69 Å². The van der Waals surface area contributed by atoms with E-state index in [2.05, 4.69) is 15.0 Å². The highest BCUT2D eigenvalue weighted by Gasteiger charge is 2.12. The Bertz CT molecular complexity index is 546. The predicted molar refractivity (Wildman–Crippen MR) is 77.3 cm³/mol. The molecule has 2 aromatic rings. The van der Waals surface area contributed by atoms with E-state index < -0.39 is 0 Å². The molecule has 0 bridgehead atoms. The molecule has 106 valence electrons. The number of aryl methyl sites for hydroxylation is 1. The first kappa shape index (κ1) is 13.1. The maximum Gasteiger partial charge on any atom is 0.336 e. The second kappa shape index (κ2) is 6.05. The van der Waals surface area contributed by atoms with Crippen molar-refractivity contribution in [1.82, 2.24) is 19.7 Å². The minimum atomic E-state index is 0.463. The number of nitrogens with zero attached hydrogens (tertiary/aromatic N) is 4. The quantitative estimate of drug-likeness (QED) is 0.835. The molecule has 0 amide bonds. The highest BCUT2D eigenvalue weighted by Crippen LogP contribution is 2.12. The highest BCUT2D eigenvalue weighted by atomic mass is 16.5. The van der Waals surface area contributed by atoms with Crippen LogP contribution in [0.2, 0.25) is 0 Å². The van der Waals surface area contributed by atoms with E-state index in [9.17, 15) is 0 Å². The number of para-hydroxylation sites is 1. The Morgan fingerprint density at radius 1 is 1.15 bits per heavy atom. The Labute approximate surface area is 119 Å². The van der Waals surface area contributed by atoms with Crippen molar-refractivity contribution in [2.24, 2.45) is 0 Å². The molecule has 0 radical (unpaired) electrons. The van der Waals surface area contributed by atoms with Crippen LogP contribution in [0, 0.1) is 6.92 Å². The van der Waals surface area contributed by atoms with E-state index in [1.54, 1.807) is 0 Å². The first-order valence-electron chi connectivity index (χ1n) is 7.17. The first-order valence-corrected chi connectivity index (χ1v) is 7.17. The van der Waals surface area contributed by atoms with Crippen LogP contribution in [-0.4, -0.2) is 45.9 Å². The van der Waals surface area contributed by atoms with E-state index in [4.69, 9.17) is 4.74 Å². The van der Waals surface area contributed by atoms with Crippen molar-refractivity contribution >= 4 is 0 Å². The van der Waals surface area contributed by atoms with Gasteiger partial charge in [0.1, 0.15) is 12.4 Å². The van der Waals surface area contributed by atoms with Crippen molar-refractivity contribution in [3.05, 3.63) is 36.2 Å². The van der Waals surface area contributed by atoms with Crippen LogP contribution in [0.1, 0.15) is 18.7 Å². The molecule has 1 aliphatic heterocycles. The van der Waals surface area contributed by atoms with Crippen LogP contribution in [0.25, 0.3) is 5.69 Å². The van der Waals surface area contributed by atoms with Gasteiger partial charge in [0.15, 0.2) is 0 Å². The topological polar surface area (TPSA) is 43.2 Å². The third-order valence-corrected chi connectivity index (χ3v) is 3.59. The van der Waals surface area contributed by atoms with Gasteiger partial charge in [-0.05, 0) is 45.0 Å². The van der Waals surface area contributed by atoms with Gasteiger partial charge in [-0.1, -0.05) is 18.2 Å². The molecule has 3 rings (SSSR count). The highest BCUT2D eigenvalue weighted by molar-refractivity contribution is 5.31. The van der Waals surface area contributed by atoms with Gasteiger partial charge < -0.3 is 4.74 Å². The summed E-state index contributed by atoms with van der Waals surface area (Å²) in [6.07, 6.45) is 2.61. The number of likely N-dealkylation sites (tertiary alicyclic amines) is 1. The number of ether oxygens (including phenoxy) is 1. The summed E-state index contributed by atoms with van der Waals surface area (Å²) in [5, 5.41) is 4.41. The molecule has 0 spiro atoms. The Morgan fingerprint density at radius 3 is 2.65 bits per heavy atom. The molecule has 0 atom stereocenters. The first-order chi connectivity index (χ1) is 9.83. The minimum Gasteiger partial charge on any atom is -0.461 e. The van der Waals surface area contributed by atoms with Crippen LogP contribution >= 0.6 is 0 Å². The zero-order valence-electron chi connectivity index (χ0n) is 11.8. The van der Waals surface area contributed by atoms with E-state index in [1.165, 1.54) is 25.9 Å². The van der Waals surface area contributed by atoms with Gasteiger partial charge in [-0.25, -0.2) is 4.68 Å². The van der Waals surface area contributed by atoms with E-state index >= 15 is 0 Å². The van der Waals surface area contributed by atoms with Gasteiger partial charge in [0.25, 0.3) is 0 Å². The van der Waals surface area contributed by atoms with Crippen LogP contribution in [0.4, 0.5) is 0 Å². The Kier molecular flexibility index (Phi) is 3.97. The molecule has 1 aromatic carbocycles. The van der Waals surface area contributed by atoms with Gasteiger partial charge in [0.2, 0.25) is 0 Å². The lowest BCUT2D eigenvalue weighted by molar-refractivity contribution is 0.225. The average molecular weight is 272 g/mol. The summed E-state index contributed by atoms with van der Waals surface area (Å²) < 4.78 is 7.48. The molecule has 0 unspecified atom stereocenters. The zero-order chi connectivity index (χ0) is 13.8. The normalized spacial score (nSPS) is 15.7. The predicted octanol–water partition coefficient (Wildman–Crippen LogP) is 2.05. The molecule has 1 saturated heterocycles. The molecule has 0 aliphatic carbocycles. The molecule has 20 heavy (non-hydrogen) atoms. The monoisotopic (exact) mass is 272 g/mol. The molecule has 0 N–H and O–H groups in total. The SMILES string of the molecule is Cc1nc(OCCN2CCCC2)nn1-c1ccccc1. The van der Waals surface area contributed by atoms with Crippen molar-refractivity contribution in [2.45, 2.75) is 19.8 Å². The van der Waals surface area contributed by atoms with E-state index in [0.717, 1.165) is 18.1 Å². The third-order valence-electron chi connectivity index (χ3n) is 3.59. The molecular weight excluding hydrogens is 252 g/mol. The minimum absolute atomic E-state index is 0.463. The van der Waals surface area contributed by atoms with Gasteiger partial charge in [-0.3, -0.25) is 4.90 Å². The maximum atomic E-state index is 5.67. The van der Waals surface area contributed by atoms with Gasteiger partial charge in [0, 0.05) is 6.54 Å². The third kappa shape index (κ3) is 2.99. The smallest absolute Gasteiger partial charge is 0.336 e. The lowest BCUT2D eigenvalue weighted by atomic mass is 10.3. The molecule has 5 nitrogen and oxygen atoms in total. The van der Waals surface area contributed by atoms with Gasteiger partial charge in [-0.15, -0.1) is 5.10 Å². The summed E-state index contributed by atoms with van der Waals surface area (Å²) in [6.45, 7) is 5.92. The van der Waals surface area contributed by atoms with Crippen molar-refractivity contribution in [3.8, 4) is 11.7 Å². The second-order valence-electron chi connectivity index (χ2n) is 5.09. The summed E-state index contributed by atoms with van der Waals surface area (Å²) in [4.78, 5) is 6.78. The molecule has 1 aliphatic rings. The standard InChI is InChI=1S/C15H20N4O/c1-13-16-15(20-12-11-18-9-5-6-10-18)17-19(13)14-7-3-2-4-8-14/h2-4,7-8H,5-6,9-12H2,1H3. The molecule has 0 saturated carbocycles. The summed E-state index contributed by atoms with van der Waals surface area (Å²) in [6, 6.07) is 10.5. The average Bonchev–Trinajstić information content (AvgIpc) is 3.10. The van der Waals surface area contributed by atoms with E-state index in [1.807, 2.05) is 41.9 Å². The summed E-state index contributed by atoms with van der Waals surface area (Å²) in [7, 11) is 0. The summed E-state index contributed by atoms with van der Waals surface area (Å²) in [5.41, 5.74) is 1.01. The Hall–Kier alpha value is -1.88. The van der Waals surface area contributed by atoms with Crippen LogP contribution in [0.3, 0.4) is 0 Å². The van der Waals surface area contributed by atoms with Crippen LogP contribution < -0.4 is 4.74 Å². The maximum absolute atomic E-state index is 5.67. The van der Waals surface area contributed by atoms with Gasteiger partial charge >= 0.3 is 6.01 Å². The van der Waals surface area contributed by atoms with Crippen LogP contribution in [0.5, 0.6) is 6.01 Å². The number of aromatic nitrogens is 3. The Morgan fingerprint density at radius 2 is 1.90 bits per heavy atom. The second-order valence-corrected chi connectivity index (χ2v) is 5.09. The van der Waals surface area contributed by atoms with Crippen molar-refractivity contribution in [3.63, 3.8) is 0 Å². The van der Waals surface area contributed by atoms with Crippen molar-refractivity contribution in [1.29, 1.82) is 0 Å². The van der Waals surface area contributed by atoms with Gasteiger partial charge in [-0.2, -0.15) is 4.98 Å².